The van der Waals surface area contributed by atoms with Crippen LogP contribution in [0.2, 0.25) is 5.02 Å². The molecule has 0 saturated carbocycles. The van der Waals surface area contributed by atoms with Gasteiger partial charge in [0.05, 0.1) is 12.6 Å². The first-order valence-corrected chi connectivity index (χ1v) is 6.87. The van der Waals surface area contributed by atoms with Gasteiger partial charge < -0.3 is 5.32 Å². The average molecular weight is 279 g/mol. The zero-order chi connectivity index (χ0) is 14.1. The molecule has 19 heavy (non-hydrogen) atoms. The number of nitrogens with zero attached hydrogens (tertiary/aromatic N) is 1. The van der Waals surface area contributed by atoms with Gasteiger partial charge in [0.1, 0.15) is 0 Å². The van der Waals surface area contributed by atoms with Crippen molar-refractivity contribution in [3.63, 3.8) is 0 Å². The van der Waals surface area contributed by atoms with Crippen LogP contribution >= 0.6 is 11.6 Å². The van der Waals surface area contributed by atoms with Crippen molar-refractivity contribution in [1.82, 2.24) is 5.32 Å². The molecule has 1 atom stereocenters. The monoisotopic (exact) mass is 278 g/mol. The summed E-state index contributed by atoms with van der Waals surface area (Å²) in [7, 11) is 0. The second-order valence-electron chi connectivity index (χ2n) is 4.72. The number of nitriles is 1. The quantitative estimate of drug-likeness (QED) is 0.450. The van der Waals surface area contributed by atoms with Crippen LogP contribution < -0.4 is 5.32 Å². The van der Waals surface area contributed by atoms with Crippen LogP contribution in [-0.2, 0) is 0 Å². The fourth-order valence-corrected chi connectivity index (χ4v) is 2.02. The largest absolute Gasteiger partial charge is 0.304 e. The van der Waals surface area contributed by atoms with Crippen molar-refractivity contribution < 1.29 is 4.79 Å². The van der Waals surface area contributed by atoms with Crippen LogP contribution in [0, 0.1) is 17.2 Å². The van der Waals surface area contributed by atoms with Crippen molar-refractivity contribution in [2.24, 2.45) is 5.92 Å². The first kappa shape index (κ1) is 15.7. The lowest BCUT2D eigenvalue weighted by Gasteiger charge is -2.10. The Morgan fingerprint density at radius 2 is 2.11 bits per heavy atom. The van der Waals surface area contributed by atoms with Crippen molar-refractivity contribution in [3.8, 4) is 6.07 Å². The first-order valence-electron chi connectivity index (χ1n) is 6.50. The summed E-state index contributed by atoms with van der Waals surface area (Å²) < 4.78 is 0. The second kappa shape index (κ2) is 8.68. The lowest BCUT2D eigenvalue weighted by atomic mass is 9.96. The highest BCUT2D eigenvalue weighted by Gasteiger charge is 2.11. The Morgan fingerprint density at radius 3 is 2.74 bits per heavy atom. The second-order valence-corrected chi connectivity index (χ2v) is 5.15. The summed E-state index contributed by atoms with van der Waals surface area (Å²) in [6, 6.07) is 9.06. The van der Waals surface area contributed by atoms with Gasteiger partial charge in [0.25, 0.3) is 0 Å². The van der Waals surface area contributed by atoms with Gasteiger partial charge in [-0.3, -0.25) is 4.79 Å². The number of ketones is 1. The van der Waals surface area contributed by atoms with Crippen molar-refractivity contribution >= 4 is 17.4 Å². The van der Waals surface area contributed by atoms with Gasteiger partial charge in [-0.1, -0.05) is 18.5 Å². The zero-order valence-corrected chi connectivity index (χ0v) is 11.9. The molecule has 0 heterocycles. The van der Waals surface area contributed by atoms with Gasteiger partial charge in [0.15, 0.2) is 5.78 Å². The number of halogens is 1. The molecule has 0 aliphatic heterocycles. The topological polar surface area (TPSA) is 52.9 Å². The minimum atomic E-state index is 0.161. The Labute approximate surface area is 119 Å². The number of hydrogen-bond acceptors (Lipinski definition) is 3. The van der Waals surface area contributed by atoms with E-state index in [1.807, 2.05) is 6.07 Å². The van der Waals surface area contributed by atoms with E-state index in [2.05, 4.69) is 12.2 Å². The Kier molecular flexibility index (Phi) is 7.17. The lowest BCUT2D eigenvalue weighted by molar-refractivity contribution is 0.0962. The minimum absolute atomic E-state index is 0.161. The van der Waals surface area contributed by atoms with Crippen molar-refractivity contribution in [3.05, 3.63) is 34.9 Å². The SMILES string of the molecule is CC(CCCNCC#N)CC(=O)c1ccc(Cl)cc1. The minimum Gasteiger partial charge on any atom is -0.304 e. The summed E-state index contributed by atoms with van der Waals surface area (Å²) in [5, 5.41) is 12.0. The molecule has 4 heteroatoms. The lowest BCUT2D eigenvalue weighted by Crippen LogP contribution is -2.16. The molecule has 0 aliphatic carbocycles. The Bertz CT molecular complexity index is 436. The molecule has 0 saturated heterocycles. The highest BCUT2D eigenvalue weighted by atomic mass is 35.5. The van der Waals surface area contributed by atoms with E-state index in [1.54, 1.807) is 24.3 Å². The summed E-state index contributed by atoms with van der Waals surface area (Å²) in [6.07, 6.45) is 2.52. The molecule has 0 aromatic heterocycles. The van der Waals surface area contributed by atoms with E-state index in [4.69, 9.17) is 16.9 Å². The Hall–Kier alpha value is -1.37. The molecule has 1 N–H and O–H groups in total. The molecule has 102 valence electrons. The van der Waals surface area contributed by atoms with E-state index in [0.717, 1.165) is 24.9 Å². The van der Waals surface area contributed by atoms with E-state index >= 15 is 0 Å². The number of Topliss-reactive ketones (excluding diaryl/α,β-unsaturated/α-hetero) is 1. The van der Waals surface area contributed by atoms with Gasteiger partial charge in [0.2, 0.25) is 0 Å². The molecule has 0 aliphatic rings. The molecule has 0 radical (unpaired) electrons. The third-order valence-electron chi connectivity index (χ3n) is 2.95. The summed E-state index contributed by atoms with van der Waals surface area (Å²) in [5.74, 6) is 0.515. The van der Waals surface area contributed by atoms with Crippen LogP contribution in [0.4, 0.5) is 0 Å². The summed E-state index contributed by atoms with van der Waals surface area (Å²) in [4.78, 5) is 12.0. The standard InChI is InChI=1S/C15H19ClN2O/c1-12(3-2-9-18-10-8-17)11-15(19)13-4-6-14(16)7-5-13/h4-7,12,18H,2-3,9-11H2,1H3. The zero-order valence-electron chi connectivity index (χ0n) is 11.2. The predicted molar refractivity (Wildman–Crippen MR) is 77.3 cm³/mol. The molecule has 3 nitrogen and oxygen atoms in total. The molecule has 1 rings (SSSR count). The van der Waals surface area contributed by atoms with Crippen molar-refractivity contribution in [1.29, 1.82) is 5.26 Å². The van der Waals surface area contributed by atoms with E-state index in [1.165, 1.54) is 0 Å². The van der Waals surface area contributed by atoms with Crippen LogP contribution in [0.5, 0.6) is 0 Å². The highest BCUT2D eigenvalue weighted by Crippen LogP contribution is 2.16. The van der Waals surface area contributed by atoms with Gasteiger partial charge in [-0.05, 0) is 49.6 Å². The van der Waals surface area contributed by atoms with Crippen molar-refractivity contribution in [2.75, 3.05) is 13.1 Å². The van der Waals surface area contributed by atoms with Gasteiger partial charge in [-0.2, -0.15) is 5.26 Å². The highest BCUT2D eigenvalue weighted by molar-refractivity contribution is 6.30. The van der Waals surface area contributed by atoms with E-state index in [9.17, 15) is 4.79 Å². The maximum Gasteiger partial charge on any atom is 0.163 e. The fourth-order valence-electron chi connectivity index (χ4n) is 1.89. The van der Waals surface area contributed by atoms with Crippen LogP contribution in [0.1, 0.15) is 36.5 Å². The molecule has 0 amide bonds. The summed E-state index contributed by atoms with van der Waals surface area (Å²) in [5.41, 5.74) is 0.721. The number of rotatable bonds is 8. The molecule has 1 aromatic rings. The number of benzene rings is 1. The van der Waals surface area contributed by atoms with Crippen molar-refractivity contribution in [2.45, 2.75) is 26.2 Å². The molecule has 1 aromatic carbocycles. The smallest absolute Gasteiger partial charge is 0.163 e. The van der Waals surface area contributed by atoms with E-state index < -0.39 is 0 Å². The molecular weight excluding hydrogens is 260 g/mol. The molecular formula is C15H19ClN2O. The summed E-state index contributed by atoms with van der Waals surface area (Å²) >= 11 is 5.79. The summed E-state index contributed by atoms with van der Waals surface area (Å²) in [6.45, 7) is 3.29. The maximum absolute atomic E-state index is 12.0. The molecule has 1 unspecified atom stereocenters. The molecule has 0 spiro atoms. The number of carbonyl (C=O) groups is 1. The van der Waals surface area contributed by atoms with E-state index in [-0.39, 0.29) is 5.78 Å². The number of carbonyl (C=O) groups excluding carboxylic acids is 1. The average Bonchev–Trinajstić information content (AvgIpc) is 2.39. The molecule has 0 fully saturated rings. The third-order valence-corrected chi connectivity index (χ3v) is 3.21. The Balaban J connectivity index is 2.28. The number of nitrogens with one attached hydrogen (secondary N) is 1. The van der Waals surface area contributed by atoms with Crippen LogP contribution in [0.25, 0.3) is 0 Å². The molecule has 0 bridgehead atoms. The van der Waals surface area contributed by atoms with Gasteiger partial charge in [0, 0.05) is 17.0 Å². The fraction of sp³-hybridized carbons (Fsp3) is 0.467. The van der Waals surface area contributed by atoms with Crippen LogP contribution in [-0.4, -0.2) is 18.9 Å². The maximum atomic E-state index is 12.0. The Morgan fingerprint density at radius 1 is 1.42 bits per heavy atom. The van der Waals surface area contributed by atoms with Gasteiger partial charge in [-0.25, -0.2) is 0 Å². The van der Waals surface area contributed by atoms with Crippen LogP contribution in [0.3, 0.4) is 0 Å². The van der Waals surface area contributed by atoms with E-state index in [0.29, 0.717) is 23.9 Å². The van der Waals surface area contributed by atoms with Gasteiger partial charge in [-0.15, -0.1) is 0 Å². The first-order chi connectivity index (χ1) is 9.13. The van der Waals surface area contributed by atoms with Crippen LogP contribution in [0.15, 0.2) is 24.3 Å². The third kappa shape index (κ3) is 6.37. The predicted octanol–water partition coefficient (Wildman–Crippen LogP) is 3.44. The normalized spacial score (nSPS) is 11.8. The number of hydrogen-bond donors (Lipinski definition) is 1. The van der Waals surface area contributed by atoms with Gasteiger partial charge >= 0.3 is 0 Å².